The van der Waals surface area contributed by atoms with Crippen LogP contribution in [0, 0.1) is 10.1 Å². The van der Waals surface area contributed by atoms with Crippen LogP contribution in [-0.2, 0) is 17.7 Å². The highest BCUT2D eigenvalue weighted by molar-refractivity contribution is 5.90. The first kappa shape index (κ1) is 17.7. The first-order chi connectivity index (χ1) is 12.5. The molecule has 0 saturated carbocycles. The highest BCUT2D eigenvalue weighted by Crippen LogP contribution is 2.32. The molecule has 8 heteroatoms. The molecule has 1 aliphatic rings. The predicted molar refractivity (Wildman–Crippen MR) is 94.6 cm³/mol. The van der Waals surface area contributed by atoms with Crippen LogP contribution in [0.1, 0.15) is 28.4 Å². The molecule has 0 radical (unpaired) electrons. The van der Waals surface area contributed by atoms with Gasteiger partial charge in [0.15, 0.2) is 0 Å². The Kier molecular flexibility index (Phi) is 5.01. The Morgan fingerprint density at radius 1 is 1.35 bits per heavy atom. The predicted octanol–water partition coefficient (Wildman–Crippen LogP) is 2.74. The smallest absolute Gasteiger partial charge is 0.339 e. The normalized spacial score (nSPS) is 13.1. The topological polar surface area (TPSA) is 94.8 Å². The molecule has 26 heavy (non-hydrogen) atoms. The maximum absolute atomic E-state index is 11.6. The molecule has 2 aromatic rings. The van der Waals surface area contributed by atoms with Crippen molar-refractivity contribution in [1.82, 2.24) is 4.98 Å². The molecule has 0 aliphatic carbocycles. The molecule has 1 aliphatic heterocycles. The molecule has 0 saturated heterocycles. The molecule has 0 bridgehead atoms. The number of esters is 1. The van der Waals surface area contributed by atoms with Crippen LogP contribution in [0.3, 0.4) is 0 Å². The van der Waals surface area contributed by atoms with Crippen molar-refractivity contribution in [3.05, 3.63) is 57.3 Å². The minimum Gasteiger partial charge on any atom is -0.494 e. The Labute approximate surface area is 150 Å². The van der Waals surface area contributed by atoms with Gasteiger partial charge in [0.25, 0.3) is 0 Å². The Balaban J connectivity index is 1.93. The van der Waals surface area contributed by atoms with Crippen molar-refractivity contribution in [3.63, 3.8) is 0 Å². The molecular weight excluding hydrogens is 338 g/mol. The van der Waals surface area contributed by atoms with Gasteiger partial charge in [-0.25, -0.2) is 9.78 Å². The number of benzene rings is 1. The van der Waals surface area contributed by atoms with Gasteiger partial charge in [0.05, 0.1) is 24.2 Å². The molecule has 1 aromatic heterocycles. The number of fused-ring (bicyclic) bond motifs is 1. The van der Waals surface area contributed by atoms with Crippen molar-refractivity contribution in [2.45, 2.75) is 19.9 Å². The fourth-order valence-corrected chi connectivity index (χ4v) is 3.02. The molecule has 0 fully saturated rings. The fourth-order valence-electron chi connectivity index (χ4n) is 3.02. The van der Waals surface area contributed by atoms with Gasteiger partial charge in [-0.05, 0) is 36.6 Å². The number of methoxy groups -OCH3 is 1. The Hall–Kier alpha value is -3.16. The molecule has 1 aromatic carbocycles. The Bertz CT molecular complexity index is 853. The van der Waals surface area contributed by atoms with Crippen LogP contribution in [-0.4, -0.2) is 36.1 Å². The maximum atomic E-state index is 11.6. The van der Waals surface area contributed by atoms with E-state index in [1.165, 1.54) is 24.9 Å². The van der Waals surface area contributed by atoms with Crippen LogP contribution < -0.4 is 9.64 Å². The zero-order chi connectivity index (χ0) is 18.7. The standard InChI is InChI=1S/C18H19N3O5/c1-3-26-15-5-4-12-6-7-20(11-14(12)8-15)17-16(21(23)24)9-13(10-19-17)18(22)25-2/h4-5,8-10H,3,6-7,11H2,1-2H3. The van der Waals surface area contributed by atoms with E-state index in [2.05, 4.69) is 9.72 Å². The lowest BCUT2D eigenvalue weighted by Gasteiger charge is -2.29. The third kappa shape index (κ3) is 3.44. The van der Waals surface area contributed by atoms with Crippen LogP contribution in [0.2, 0.25) is 0 Å². The summed E-state index contributed by atoms with van der Waals surface area (Å²) >= 11 is 0. The summed E-state index contributed by atoms with van der Waals surface area (Å²) in [6.45, 7) is 3.58. The summed E-state index contributed by atoms with van der Waals surface area (Å²) < 4.78 is 10.1. The summed E-state index contributed by atoms with van der Waals surface area (Å²) in [5, 5.41) is 11.5. The van der Waals surface area contributed by atoms with E-state index in [1.807, 2.05) is 30.0 Å². The van der Waals surface area contributed by atoms with Gasteiger partial charge in [-0.2, -0.15) is 0 Å². The monoisotopic (exact) mass is 357 g/mol. The van der Waals surface area contributed by atoms with Crippen LogP contribution >= 0.6 is 0 Å². The van der Waals surface area contributed by atoms with Crippen LogP contribution in [0.5, 0.6) is 5.75 Å². The van der Waals surface area contributed by atoms with Gasteiger partial charge >= 0.3 is 11.7 Å². The number of nitrogens with zero attached hydrogens (tertiary/aromatic N) is 3. The maximum Gasteiger partial charge on any atom is 0.339 e. The van der Waals surface area contributed by atoms with Gasteiger partial charge in [0.2, 0.25) is 5.82 Å². The second-order valence-electron chi connectivity index (χ2n) is 5.85. The second kappa shape index (κ2) is 7.38. The molecular formula is C18H19N3O5. The Morgan fingerprint density at radius 2 is 2.15 bits per heavy atom. The van der Waals surface area contributed by atoms with Crippen molar-refractivity contribution in [2.75, 3.05) is 25.2 Å². The third-order valence-electron chi connectivity index (χ3n) is 4.27. The van der Waals surface area contributed by atoms with Gasteiger partial charge in [0, 0.05) is 25.4 Å². The van der Waals surface area contributed by atoms with Gasteiger partial charge in [-0.1, -0.05) is 6.07 Å². The third-order valence-corrected chi connectivity index (χ3v) is 4.27. The minimum atomic E-state index is -0.655. The zero-order valence-corrected chi connectivity index (χ0v) is 14.6. The average molecular weight is 357 g/mol. The second-order valence-corrected chi connectivity index (χ2v) is 5.85. The van der Waals surface area contributed by atoms with E-state index in [0.29, 0.717) is 19.7 Å². The van der Waals surface area contributed by atoms with Gasteiger partial charge in [0.1, 0.15) is 5.75 Å². The highest BCUT2D eigenvalue weighted by Gasteiger charge is 2.27. The summed E-state index contributed by atoms with van der Waals surface area (Å²) in [7, 11) is 1.22. The number of carbonyl (C=O) groups is 1. The number of ether oxygens (including phenoxy) is 2. The number of hydrogen-bond acceptors (Lipinski definition) is 7. The largest absolute Gasteiger partial charge is 0.494 e. The summed E-state index contributed by atoms with van der Waals surface area (Å²) in [6.07, 6.45) is 2.06. The Morgan fingerprint density at radius 3 is 2.85 bits per heavy atom. The first-order valence-corrected chi connectivity index (χ1v) is 8.25. The lowest BCUT2D eigenvalue weighted by atomic mass is 9.99. The van der Waals surface area contributed by atoms with Gasteiger partial charge in [-0.3, -0.25) is 10.1 Å². The number of nitro groups is 1. The summed E-state index contributed by atoms with van der Waals surface area (Å²) in [6, 6.07) is 7.13. The van der Waals surface area contributed by atoms with E-state index in [1.54, 1.807) is 0 Å². The quantitative estimate of drug-likeness (QED) is 0.461. The SMILES string of the molecule is CCOc1ccc2c(c1)CN(c1ncc(C(=O)OC)cc1[N+](=O)[O-])CC2. The van der Waals surface area contributed by atoms with E-state index in [9.17, 15) is 14.9 Å². The molecule has 0 amide bonds. The first-order valence-electron chi connectivity index (χ1n) is 8.25. The molecule has 0 spiro atoms. The lowest BCUT2D eigenvalue weighted by molar-refractivity contribution is -0.384. The molecule has 136 valence electrons. The minimum absolute atomic E-state index is 0.0546. The highest BCUT2D eigenvalue weighted by atomic mass is 16.6. The van der Waals surface area contributed by atoms with Crippen LogP contribution in [0.25, 0.3) is 0 Å². The summed E-state index contributed by atoms with van der Waals surface area (Å²) in [5.41, 5.74) is 2.09. The summed E-state index contributed by atoms with van der Waals surface area (Å²) in [5.74, 6) is 0.365. The van der Waals surface area contributed by atoms with Gasteiger partial charge < -0.3 is 14.4 Å². The lowest BCUT2D eigenvalue weighted by Crippen LogP contribution is -2.31. The van der Waals surface area contributed by atoms with E-state index in [4.69, 9.17) is 4.74 Å². The van der Waals surface area contributed by atoms with E-state index in [-0.39, 0.29) is 17.1 Å². The zero-order valence-electron chi connectivity index (χ0n) is 14.6. The van der Waals surface area contributed by atoms with Crippen molar-refractivity contribution < 1.29 is 19.2 Å². The number of hydrogen-bond donors (Lipinski definition) is 0. The van der Waals surface area contributed by atoms with Crippen molar-refractivity contribution >= 4 is 17.5 Å². The van der Waals surface area contributed by atoms with Crippen molar-refractivity contribution in [3.8, 4) is 5.75 Å². The number of carbonyl (C=O) groups excluding carboxylic acids is 1. The van der Waals surface area contributed by atoms with E-state index >= 15 is 0 Å². The summed E-state index contributed by atoms with van der Waals surface area (Å²) in [4.78, 5) is 28.6. The number of aromatic nitrogens is 1. The number of rotatable bonds is 5. The van der Waals surface area contributed by atoms with Crippen LogP contribution in [0.15, 0.2) is 30.5 Å². The van der Waals surface area contributed by atoms with Gasteiger partial charge in [-0.15, -0.1) is 0 Å². The van der Waals surface area contributed by atoms with E-state index in [0.717, 1.165) is 17.7 Å². The van der Waals surface area contributed by atoms with Crippen LogP contribution in [0.4, 0.5) is 11.5 Å². The van der Waals surface area contributed by atoms with Crippen molar-refractivity contribution in [2.24, 2.45) is 0 Å². The number of anilines is 1. The molecule has 2 heterocycles. The molecule has 0 atom stereocenters. The molecule has 0 unspecified atom stereocenters. The van der Waals surface area contributed by atoms with Crippen molar-refractivity contribution in [1.29, 1.82) is 0 Å². The fraction of sp³-hybridized carbons (Fsp3) is 0.333. The molecule has 3 rings (SSSR count). The molecule has 8 nitrogen and oxygen atoms in total. The molecule has 0 N–H and O–H groups in total. The van der Waals surface area contributed by atoms with E-state index < -0.39 is 10.9 Å². The average Bonchev–Trinajstić information content (AvgIpc) is 2.66. The number of pyridine rings is 1.